The number of rotatable bonds is 4. The highest BCUT2D eigenvalue weighted by Gasteiger charge is 2.41. The molecule has 0 saturated carbocycles. The third-order valence-electron chi connectivity index (χ3n) is 5.26. The first-order chi connectivity index (χ1) is 13.3. The lowest BCUT2D eigenvalue weighted by Crippen LogP contribution is -2.44. The predicted molar refractivity (Wildman–Crippen MR) is 105 cm³/mol. The van der Waals surface area contributed by atoms with E-state index in [1.807, 2.05) is 20.0 Å². The molecule has 2 aliphatic heterocycles. The molecule has 28 heavy (non-hydrogen) atoms. The number of aliphatic hydroxyl groups is 1. The summed E-state index contributed by atoms with van der Waals surface area (Å²) in [6.45, 7) is 6.29. The molecule has 0 aromatic heterocycles. The zero-order chi connectivity index (χ0) is 20.6. The van der Waals surface area contributed by atoms with Crippen LogP contribution in [0, 0.1) is 11.3 Å². The van der Waals surface area contributed by atoms with Gasteiger partial charge in [0.2, 0.25) is 5.91 Å². The maximum absolute atomic E-state index is 12.4. The quantitative estimate of drug-likeness (QED) is 0.735. The second-order valence-electron chi connectivity index (χ2n) is 6.88. The maximum Gasteiger partial charge on any atom is 0.247 e. The molecule has 2 atom stereocenters. The SMILES string of the molecule is CCN1C=C(C)C2=C(C(c3ccc(C#N)cc3OC)C(C(N)=O)=C(C)N2)C1O. The first-order valence-electron chi connectivity index (χ1n) is 9.06. The minimum absolute atomic E-state index is 0.367. The number of primary amides is 1. The number of amides is 1. The molecule has 1 aromatic carbocycles. The number of nitrogens with one attached hydrogen (secondary N) is 1. The first-order valence-corrected chi connectivity index (χ1v) is 9.06. The molecule has 2 unspecified atom stereocenters. The van der Waals surface area contributed by atoms with Crippen molar-refractivity contribution in [1.82, 2.24) is 10.2 Å². The lowest BCUT2D eigenvalue weighted by atomic mass is 9.76. The number of nitrogens with zero attached hydrogens (tertiary/aromatic N) is 2. The summed E-state index contributed by atoms with van der Waals surface area (Å²) in [7, 11) is 1.51. The third kappa shape index (κ3) is 3.02. The standard InChI is InChI=1S/C21H24N4O3/c1-5-25-10-11(2)19-18(21(25)27)17(16(20(23)26)12(3)24-19)14-7-6-13(9-22)8-15(14)28-4/h6-8,10,17,21,24,27H,5H2,1-4H3,(H2,23,26). The van der Waals surface area contributed by atoms with Gasteiger partial charge in [-0.25, -0.2) is 0 Å². The number of allylic oxidation sites excluding steroid dienone is 2. The number of methoxy groups -OCH3 is 1. The van der Waals surface area contributed by atoms with Crippen LogP contribution in [0.1, 0.15) is 37.8 Å². The summed E-state index contributed by atoms with van der Waals surface area (Å²) in [4.78, 5) is 14.2. The van der Waals surface area contributed by atoms with E-state index in [-0.39, 0.29) is 0 Å². The van der Waals surface area contributed by atoms with Crippen molar-refractivity contribution in [3.63, 3.8) is 0 Å². The van der Waals surface area contributed by atoms with E-state index in [0.717, 1.165) is 11.3 Å². The van der Waals surface area contributed by atoms with E-state index in [4.69, 9.17) is 10.5 Å². The molecular formula is C21H24N4O3. The molecule has 7 nitrogen and oxygen atoms in total. The highest BCUT2D eigenvalue weighted by atomic mass is 16.5. The van der Waals surface area contributed by atoms with Gasteiger partial charge in [-0.05, 0) is 38.5 Å². The van der Waals surface area contributed by atoms with Crippen LogP contribution in [0.25, 0.3) is 0 Å². The van der Waals surface area contributed by atoms with Crippen LogP contribution in [0.2, 0.25) is 0 Å². The van der Waals surface area contributed by atoms with E-state index in [9.17, 15) is 15.2 Å². The van der Waals surface area contributed by atoms with Crippen LogP contribution in [0.15, 0.2) is 52.5 Å². The summed E-state index contributed by atoms with van der Waals surface area (Å²) in [5, 5.41) is 23.5. The monoisotopic (exact) mass is 380 g/mol. The Labute approximate surface area is 164 Å². The van der Waals surface area contributed by atoms with Gasteiger partial charge >= 0.3 is 0 Å². The lowest BCUT2D eigenvalue weighted by Gasteiger charge is -2.41. The number of hydrogen-bond donors (Lipinski definition) is 3. The molecule has 7 heteroatoms. The van der Waals surface area contributed by atoms with Crippen molar-refractivity contribution in [3.8, 4) is 11.8 Å². The van der Waals surface area contributed by atoms with Gasteiger partial charge in [0.05, 0.1) is 18.7 Å². The third-order valence-corrected chi connectivity index (χ3v) is 5.26. The fourth-order valence-electron chi connectivity index (χ4n) is 3.94. The van der Waals surface area contributed by atoms with Gasteiger partial charge in [0.15, 0.2) is 6.23 Å². The van der Waals surface area contributed by atoms with Crippen LogP contribution in [0.5, 0.6) is 5.75 Å². The lowest BCUT2D eigenvalue weighted by molar-refractivity contribution is -0.114. The Morgan fingerprint density at radius 3 is 2.71 bits per heavy atom. The maximum atomic E-state index is 12.4. The van der Waals surface area contributed by atoms with Crippen LogP contribution >= 0.6 is 0 Å². The molecule has 0 aliphatic carbocycles. The summed E-state index contributed by atoms with van der Waals surface area (Å²) in [6.07, 6.45) is 0.968. The second-order valence-corrected chi connectivity index (χ2v) is 6.88. The van der Waals surface area contributed by atoms with Crippen LogP contribution in [0.4, 0.5) is 0 Å². The number of nitrogens with two attached hydrogens (primary N) is 1. The van der Waals surface area contributed by atoms with Gasteiger partial charge in [0.1, 0.15) is 5.75 Å². The van der Waals surface area contributed by atoms with Crippen molar-refractivity contribution >= 4 is 5.91 Å². The van der Waals surface area contributed by atoms with Gasteiger partial charge in [-0.2, -0.15) is 5.26 Å². The summed E-state index contributed by atoms with van der Waals surface area (Å²) >= 11 is 0. The summed E-state index contributed by atoms with van der Waals surface area (Å²) in [5.74, 6) is -0.702. The first kappa shape index (κ1) is 19.5. The molecule has 3 rings (SSSR count). The smallest absolute Gasteiger partial charge is 0.247 e. The average Bonchev–Trinajstić information content (AvgIpc) is 2.68. The van der Waals surface area contributed by atoms with Gasteiger partial charge in [-0.15, -0.1) is 0 Å². The van der Waals surface area contributed by atoms with E-state index in [0.29, 0.717) is 40.3 Å². The number of dihydropyridines is 1. The molecule has 0 radical (unpaired) electrons. The Morgan fingerprint density at radius 2 is 2.14 bits per heavy atom. The Morgan fingerprint density at radius 1 is 1.43 bits per heavy atom. The largest absolute Gasteiger partial charge is 0.496 e. The molecule has 0 fully saturated rings. The van der Waals surface area contributed by atoms with E-state index < -0.39 is 18.1 Å². The van der Waals surface area contributed by atoms with E-state index >= 15 is 0 Å². The molecule has 146 valence electrons. The molecule has 2 heterocycles. The molecule has 0 bridgehead atoms. The molecule has 2 aliphatic rings. The van der Waals surface area contributed by atoms with Crippen molar-refractivity contribution < 1.29 is 14.6 Å². The number of hydrogen-bond acceptors (Lipinski definition) is 6. The molecule has 0 spiro atoms. The van der Waals surface area contributed by atoms with Crippen LogP contribution < -0.4 is 15.8 Å². The zero-order valence-electron chi connectivity index (χ0n) is 16.4. The zero-order valence-corrected chi connectivity index (χ0v) is 16.4. The number of carbonyl (C=O) groups excluding carboxylic acids is 1. The van der Waals surface area contributed by atoms with Gasteiger partial charge in [-0.1, -0.05) is 6.07 Å². The minimum atomic E-state index is -0.927. The fourth-order valence-corrected chi connectivity index (χ4v) is 3.94. The number of nitriles is 1. The average molecular weight is 380 g/mol. The van der Waals surface area contributed by atoms with Crippen molar-refractivity contribution in [1.29, 1.82) is 5.26 Å². The number of benzene rings is 1. The Bertz CT molecular complexity index is 968. The highest BCUT2D eigenvalue weighted by molar-refractivity contribution is 5.96. The molecule has 4 N–H and O–H groups in total. The molecule has 1 amide bonds. The van der Waals surface area contributed by atoms with Crippen LogP contribution in [-0.2, 0) is 4.79 Å². The number of likely N-dealkylation sites (N-methyl/N-ethyl adjacent to an activating group) is 1. The van der Waals surface area contributed by atoms with Gasteiger partial charge < -0.3 is 25.8 Å². The summed E-state index contributed by atoms with van der Waals surface area (Å²) in [6, 6.07) is 7.14. The normalized spacial score (nSPS) is 21.6. The number of ether oxygens (including phenoxy) is 1. The van der Waals surface area contributed by atoms with Crippen molar-refractivity contribution in [3.05, 3.63) is 63.6 Å². The van der Waals surface area contributed by atoms with Gasteiger partial charge in [0.25, 0.3) is 0 Å². The van der Waals surface area contributed by atoms with Crippen molar-refractivity contribution in [2.75, 3.05) is 13.7 Å². The second kappa shape index (κ2) is 7.41. The number of carbonyl (C=O) groups is 1. The number of aliphatic hydroxyl groups excluding tert-OH is 1. The Kier molecular flexibility index (Phi) is 5.16. The van der Waals surface area contributed by atoms with Gasteiger partial charge in [0, 0.05) is 46.8 Å². The van der Waals surface area contributed by atoms with Crippen LogP contribution in [-0.4, -0.2) is 35.8 Å². The molecular weight excluding hydrogens is 356 g/mol. The van der Waals surface area contributed by atoms with E-state index in [1.165, 1.54) is 7.11 Å². The molecule has 1 aromatic rings. The van der Waals surface area contributed by atoms with Gasteiger partial charge in [-0.3, -0.25) is 4.79 Å². The molecule has 0 saturated heterocycles. The fraction of sp³-hybridized carbons (Fsp3) is 0.333. The van der Waals surface area contributed by atoms with Crippen molar-refractivity contribution in [2.24, 2.45) is 5.73 Å². The Balaban J connectivity index is 2.30. The highest BCUT2D eigenvalue weighted by Crippen LogP contribution is 2.46. The van der Waals surface area contributed by atoms with Crippen LogP contribution in [0.3, 0.4) is 0 Å². The van der Waals surface area contributed by atoms with Crippen molar-refractivity contribution in [2.45, 2.75) is 32.9 Å². The van der Waals surface area contributed by atoms with E-state index in [2.05, 4.69) is 11.4 Å². The predicted octanol–water partition coefficient (Wildman–Crippen LogP) is 1.82. The topological polar surface area (TPSA) is 112 Å². The summed E-state index contributed by atoms with van der Waals surface area (Å²) < 4.78 is 5.52. The Hall–Kier alpha value is -3.24. The van der Waals surface area contributed by atoms with E-state index in [1.54, 1.807) is 30.0 Å². The summed E-state index contributed by atoms with van der Waals surface area (Å²) in [5.41, 5.74) is 10.2. The minimum Gasteiger partial charge on any atom is -0.496 e.